The summed E-state index contributed by atoms with van der Waals surface area (Å²) in [5.74, 6) is 0.198. The molecule has 1 amide bonds. The number of nitrogens with one attached hydrogen (secondary N) is 2. The first kappa shape index (κ1) is 11.9. The molecule has 0 aromatic rings. The monoisotopic (exact) mass is 225 g/mol. The van der Waals surface area contributed by atoms with Crippen molar-refractivity contribution >= 4 is 5.91 Å². The Hall–Kier alpha value is -0.610. The number of nitrogens with zero attached hydrogens (tertiary/aromatic N) is 1. The summed E-state index contributed by atoms with van der Waals surface area (Å²) in [5, 5.41) is 6.52. The smallest absolute Gasteiger partial charge is 0.237 e. The van der Waals surface area contributed by atoms with Crippen molar-refractivity contribution in [3.63, 3.8) is 0 Å². The molecule has 1 saturated carbocycles. The summed E-state index contributed by atoms with van der Waals surface area (Å²) in [6.07, 6.45) is 2.32. The predicted octanol–water partition coefficient (Wildman–Crippen LogP) is 0.336. The first-order valence-corrected chi connectivity index (χ1v) is 6.37. The van der Waals surface area contributed by atoms with E-state index in [-0.39, 0.29) is 11.9 Å². The molecular weight excluding hydrogens is 202 g/mol. The van der Waals surface area contributed by atoms with Crippen LogP contribution in [0.15, 0.2) is 0 Å². The highest BCUT2D eigenvalue weighted by Gasteiger charge is 2.32. The molecular formula is C12H23N3O. The van der Waals surface area contributed by atoms with Crippen molar-refractivity contribution in [2.45, 2.75) is 57.8 Å². The van der Waals surface area contributed by atoms with Crippen LogP contribution in [0, 0.1) is 0 Å². The van der Waals surface area contributed by atoms with Gasteiger partial charge in [-0.25, -0.2) is 0 Å². The Morgan fingerprint density at radius 2 is 2.12 bits per heavy atom. The summed E-state index contributed by atoms with van der Waals surface area (Å²) in [6, 6.07) is 1.38. The van der Waals surface area contributed by atoms with E-state index in [0.29, 0.717) is 18.1 Å². The molecule has 1 heterocycles. The van der Waals surface area contributed by atoms with E-state index in [2.05, 4.69) is 29.4 Å². The van der Waals surface area contributed by atoms with Gasteiger partial charge >= 0.3 is 0 Å². The molecule has 3 unspecified atom stereocenters. The molecule has 1 aliphatic heterocycles. The second-order valence-corrected chi connectivity index (χ2v) is 5.31. The van der Waals surface area contributed by atoms with E-state index < -0.39 is 0 Å². The molecule has 2 rings (SSSR count). The highest BCUT2D eigenvalue weighted by Crippen LogP contribution is 2.19. The van der Waals surface area contributed by atoms with Crippen molar-refractivity contribution in [1.82, 2.24) is 15.5 Å². The third-order valence-electron chi connectivity index (χ3n) is 3.61. The SMILES string of the molecule is CC1CN(C(C)C(=O)NC2CC2)C(C)CN1. The van der Waals surface area contributed by atoms with Crippen LogP contribution in [0.4, 0.5) is 0 Å². The van der Waals surface area contributed by atoms with Crippen molar-refractivity contribution in [1.29, 1.82) is 0 Å². The van der Waals surface area contributed by atoms with E-state index in [1.807, 2.05) is 6.92 Å². The highest BCUT2D eigenvalue weighted by atomic mass is 16.2. The number of rotatable bonds is 3. The minimum Gasteiger partial charge on any atom is -0.352 e. The molecule has 4 heteroatoms. The zero-order valence-corrected chi connectivity index (χ0v) is 10.5. The average molecular weight is 225 g/mol. The molecule has 4 nitrogen and oxygen atoms in total. The van der Waals surface area contributed by atoms with Gasteiger partial charge in [0.15, 0.2) is 0 Å². The Labute approximate surface area is 97.8 Å². The topological polar surface area (TPSA) is 44.4 Å². The maximum absolute atomic E-state index is 12.0. The van der Waals surface area contributed by atoms with Gasteiger partial charge in [0.2, 0.25) is 5.91 Å². The molecule has 0 bridgehead atoms. The first-order valence-electron chi connectivity index (χ1n) is 6.37. The lowest BCUT2D eigenvalue weighted by Crippen LogP contribution is -2.60. The minimum absolute atomic E-state index is 0.000139. The maximum Gasteiger partial charge on any atom is 0.237 e. The summed E-state index contributed by atoms with van der Waals surface area (Å²) in [6.45, 7) is 8.30. The summed E-state index contributed by atoms with van der Waals surface area (Å²) in [7, 11) is 0. The first-order chi connectivity index (χ1) is 7.58. The molecule has 1 saturated heterocycles. The van der Waals surface area contributed by atoms with Gasteiger partial charge in [0.25, 0.3) is 0 Å². The average Bonchev–Trinajstić information content (AvgIpc) is 3.04. The number of amides is 1. The molecule has 2 N–H and O–H groups in total. The normalized spacial score (nSPS) is 33.4. The summed E-state index contributed by atoms with van der Waals surface area (Å²) >= 11 is 0. The van der Waals surface area contributed by atoms with Crippen LogP contribution in [0.2, 0.25) is 0 Å². The lowest BCUT2D eigenvalue weighted by atomic mass is 10.1. The Morgan fingerprint density at radius 1 is 1.44 bits per heavy atom. The Balaban J connectivity index is 1.90. The maximum atomic E-state index is 12.0. The van der Waals surface area contributed by atoms with E-state index in [1.165, 1.54) is 0 Å². The fourth-order valence-corrected chi connectivity index (χ4v) is 2.29. The van der Waals surface area contributed by atoms with Crippen molar-refractivity contribution in [2.75, 3.05) is 13.1 Å². The van der Waals surface area contributed by atoms with Crippen molar-refractivity contribution in [3.8, 4) is 0 Å². The number of hydrogen-bond acceptors (Lipinski definition) is 3. The van der Waals surface area contributed by atoms with E-state index in [0.717, 1.165) is 25.9 Å². The molecule has 92 valence electrons. The Kier molecular flexibility index (Phi) is 3.50. The fraction of sp³-hybridized carbons (Fsp3) is 0.917. The van der Waals surface area contributed by atoms with E-state index >= 15 is 0 Å². The van der Waals surface area contributed by atoms with Gasteiger partial charge in [0, 0.05) is 31.2 Å². The van der Waals surface area contributed by atoms with Gasteiger partial charge in [-0.3, -0.25) is 9.69 Å². The quantitative estimate of drug-likeness (QED) is 0.728. The van der Waals surface area contributed by atoms with Crippen LogP contribution in [0.3, 0.4) is 0 Å². The third-order valence-corrected chi connectivity index (χ3v) is 3.61. The molecule has 0 aromatic carbocycles. The standard InChI is InChI=1S/C12H23N3O/c1-8-7-15(9(2)6-13-8)10(3)12(16)14-11-4-5-11/h8-11,13H,4-7H2,1-3H3,(H,14,16). The molecule has 3 atom stereocenters. The predicted molar refractivity (Wildman–Crippen MR) is 64.3 cm³/mol. The zero-order valence-electron chi connectivity index (χ0n) is 10.5. The highest BCUT2D eigenvalue weighted by molar-refractivity contribution is 5.81. The molecule has 16 heavy (non-hydrogen) atoms. The Bertz CT molecular complexity index is 265. The van der Waals surface area contributed by atoms with Gasteiger partial charge < -0.3 is 10.6 Å². The fourth-order valence-electron chi connectivity index (χ4n) is 2.29. The summed E-state index contributed by atoms with van der Waals surface area (Å²) in [5.41, 5.74) is 0. The molecule has 2 fully saturated rings. The summed E-state index contributed by atoms with van der Waals surface area (Å²) < 4.78 is 0. The number of piperazine rings is 1. The van der Waals surface area contributed by atoms with E-state index in [4.69, 9.17) is 0 Å². The van der Waals surface area contributed by atoms with Gasteiger partial charge in [0.1, 0.15) is 0 Å². The van der Waals surface area contributed by atoms with Crippen LogP contribution in [0.1, 0.15) is 33.6 Å². The van der Waals surface area contributed by atoms with Crippen molar-refractivity contribution < 1.29 is 4.79 Å². The van der Waals surface area contributed by atoms with Crippen LogP contribution < -0.4 is 10.6 Å². The van der Waals surface area contributed by atoms with Crippen molar-refractivity contribution in [2.24, 2.45) is 0 Å². The van der Waals surface area contributed by atoms with E-state index in [1.54, 1.807) is 0 Å². The van der Waals surface area contributed by atoms with E-state index in [9.17, 15) is 4.79 Å². The third kappa shape index (κ3) is 2.74. The minimum atomic E-state index is 0.000139. The molecule has 2 aliphatic rings. The lowest BCUT2D eigenvalue weighted by molar-refractivity contribution is -0.127. The van der Waals surface area contributed by atoms with Crippen LogP contribution in [-0.2, 0) is 4.79 Å². The van der Waals surface area contributed by atoms with Crippen molar-refractivity contribution in [3.05, 3.63) is 0 Å². The Morgan fingerprint density at radius 3 is 2.75 bits per heavy atom. The lowest BCUT2D eigenvalue weighted by Gasteiger charge is -2.40. The second kappa shape index (κ2) is 4.72. The molecule has 0 radical (unpaired) electrons. The second-order valence-electron chi connectivity index (χ2n) is 5.31. The number of carbonyl (C=O) groups excluding carboxylic acids is 1. The van der Waals surface area contributed by atoms with Gasteiger partial charge in [-0.05, 0) is 33.6 Å². The molecule has 0 aromatic heterocycles. The number of carbonyl (C=O) groups is 1. The molecule has 0 spiro atoms. The van der Waals surface area contributed by atoms with Crippen LogP contribution in [0.25, 0.3) is 0 Å². The van der Waals surface area contributed by atoms with Gasteiger partial charge in [0.05, 0.1) is 6.04 Å². The van der Waals surface area contributed by atoms with Gasteiger partial charge in [-0.1, -0.05) is 0 Å². The van der Waals surface area contributed by atoms with Gasteiger partial charge in [-0.2, -0.15) is 0 Å². The summed E-state index contributed by atoms with van der Waals surface area (Å²) in [4.78, 5) is 14.3. The number of hydrogen-bond donors (Lipinski definition) is 2. The largest absolute Gasteiger partial charge is 0.352 e. The molecule has 1 aliphatic carbocycles. The van der Waals surface area contributed by atoms with Crippen LogP contribution in [0.5, 0.6) is 0 Å². The van der Waals surface area contributed by atoms with Gasteiger partial charge in [-0.15, -0.1) is 0 Å². The van der Waals surface area contributed by atoms with Crippen LogP contribution in [-0.4, -0.2) is 48.1 Å². The zero-order chi connectivity index (χ0) is 11.7. The van der Waals surface area contributed by atoms with Crippen LogP contribution >= 0.6 is 0 Å².